The number of sulfone groups is 1. The molecule has 138 valence electrons. The Kier molecular flexibility index (Phi) is 6.26. The molecule has 2 rings (SSSR count). The van der Waals surface area contributed by atoms with Crippen LogP contribution in [-0.4, -0.2) is 32.5 Å². The standard InChI is InChI=1S/C19H19FO5S/c1-13-3-8-17(11-14(13)2)26(23,24)10-9-19(22)25-12-18(21)15-4-6-16(20)7-5-15/h3-8,11H,9-10,12H2,1-2H3. The second-order valence-electron chi connectivity index (χ2n) is 5.91. The van der Waals surface area contributed by atoms with Crippen LogP contribution in [0.5, 0.6) is 0 Å². The summed E-state index contributed by atoms with van der Waals surface area (Å²) in [5.74, 6) is -2.16. The van der Waals surface area contributed by atoms with Crippen LogP contribution in [0.15, 0.2) is 47.4 Å². The fourth-order valence-corrected chi connectivity index (χ4v) is 3.48. The van der Waals surface area contributed by atoms with E-state index in [0.29, 0.717) is 0 Å². The van der Waals surface area contributed by atoms with Crippen LogP contribution in [0, 0.1) is 19.7 Å². The van der Waals surface area contributed by atoms with E-state index in [1.807, 2.05) is 13.8 Å². The first-order valence-electron chi connectivity index (χ1n) is 7.93. The van der Waals surface area contributed by atoms with Crippen molar-refractivity contribution >= 4 is 21.6 Å². The molecule has 5 nitrogen and oxygen atoms in total. The van der Waals surface area contributed by atoms with Crippen molar-refractivity contribution < 1.29 is 27.1 Å². The number of ketones is 1. The number of hydrogen-bond donors (Lipinski definition) is 0. The summed E-state index contributed by atoms with van der Waals surface area (Å²) >= 11 is 0. The summed E-state index contributed by atoms with van der Waals surface area (Å²) in [5, 5.41) is 0. The highest BCUT2D eigenvalue weighted by Crippen LogP contribution is 2.17. The average molecular weight is 378 g/mol. The van der Waals surface area contributed by atoms with Gasteiger partial charge in [-0.2, -0.15) is 0 Å². The molecule has 0 unspecified atom stereocenters. The largest absolute Gasteiger partial charge is 0.457 e. The molecule has 0 saturated carbocycles. The van der Waals surface area contributed by atoms with Gasteiger partial charge in [0.05, 0.1) is 17.1 Å². The zero-order chi connectivity index (χ0) is 19.3. The average Bonchev–Trinajstić information content (AvgIpc) is 2.60. The van der Waals surface area contributed by atoms with Crippen LogP contribution in [0.1, 0.15) is 27.9 Å². The third-order valence-corrected chi connectivity index (χ3v) is 5.66. The van der Waals surface area contributed by atoms with Crippen LogP contribution in [0.25, 0.3) is 0 Å². The molecule has 2 aromatic carbocycles. The number of aryl methyl sites for hydroxylation is 2. The lowest BCUT2D eigenvalue weighted by Gasteiger charge is -2.07. The Morgan fingerprint density at radius 3 is 2.27 bits per heavy atom. The lowest BCUT2D eigenvalue weighted by atomic mass is 10.1. The van der Waals surface area contributed by atoms with Crippen LogP contribution in [0.4, 0.5) is 4.39 Å². The highest BCUT2D eigenvalue weighted by atomic mass is 32.2. The molecular formula is C19H19FO5S. The van der Waals surface area contributed by atoms with E-state index in [1.165, 1.54) is 18.2 Å². The van der Waals surface area contributed by atoms with Gasteiger partial charge in [-0.1, -0.05) is 6.07 Å². The molecule has 0 atom stereocenters. The van der Waals surface area contributed by atoms with Gasteiger partial charge in [0.2, 0.25) is 0 Å². The van der Waals surface area contributed by atoms with Crippen LogP contribution in [-0.2, 0) is 19.4 Å². The first-order valence-corrected chi connectivity index (χ1v) is 9.58. The maximum Gasteiger partial charge on any atom is 0.307 e. The summed E-state index contributed by atoms with van der Waals surface area (Å²) in [6.07, 6.45) is -0.355. The maximum atomic E-state index is 12.8. The lowest BCUT2D eigenvalue weighted by molar-refractivity contribution is -0.142. The summed E-state index contributed by atoms with van der Waals surface area (Å²) in [4.78, 5) is 23.7. The van der Waals surface area contributed by atoms with Gasteiger partial charge in [-0.15, -0.1) is 0 Å². The van der Waals surface area contributed by atoms with Gasteiger partial charge in [0.25, 0.3) is 0 Å². The van der Waals surface area contributed by atoms with Crippen LogP contribution < -0.4 is 0 Å². The molecule has 0 saturated heterocycles. The summed E-state index contributed by atoms with van der Waals surface area (Å²) < 4.78 is 42.2. The number of hydrogen-bond acceptors (Lipinski definition) is 5. The monoisotopic (exact) mass is 378 g/mol. The molecule has 7 heteroatoms. The Bertz CT molecular complexity index is 917. The van der Waals surface area contributed by atoms with Gasteiger partial charge < -0.3 is 4.74 Å². The second kappa shape index (κ2) is 8.23. The molecule has 0 spiro atoms. The molecule has 0 heterocycles. The van der Waals surface area contributed by atoms with Crippen molar-refractivity contribution in [2.45, 2.75) is 25.2 Å². The van der Waals surface area contributed by atoms with Crippen LogP contribution in [0.3, 0.4) is 0 Å². The highest BCUT2D eigenvalue weighted by molar-refractivity contribution is 7.91. The normalized spacial score (nSPS) is 11.2. The Morgan fingerprint density at radius 1 is 1.00 bits per heavy atom. The lowest BCUT2D eigenvalue weighted by Crippen LogP contribution is -2.17. The molecule has 26 heavy (non-hydrogen) atoms. The van der Waals surface area contributed by atoms with Crippen molar-refractivity contribution in [3.63, 3.8) is 0 Å². The highest BCUT2D eigenvalue weighted by Gasteiger charge is 2.18. The number of benzene rings is 2. The summed E-state index contributed by atoms with van der Waals surface area (Å²) in [6.45, 7) is 3.17. The van der Waals surface area contributed by atoms with Crippen molar-refractivity contribution in [1.82, 2.24) is 0 Å². The minimum Gasteiger partial charge on any atom is -0.457 e. The number of ether oxygens (including phenoxy) is 1. The van der Waals surface area contributed by atoms with E-state index in [2.05, 4.69) is 0 Å². The van der Waals surface area contributed by atoms with Crippen molar-refractivity contribution in [3.8, 4) is 0 Å². The van der Waals surface area contributed by atoms with Crippen molar-refractivity contribution in [2.75, 3.05) is 12.4 Å². The predicted molar refractivity (Wildman–Crippen MR) is 94.3 cm³/mol. The Labute approximate surface area is 151 Å². The molecule has 0 aromatic heterocycles. The van der Waals surface area contributed by atoms with Crippen LogP contribution >= 0.6 is 0 Å². The van der Waals surface area contributed by atoms with Gasteiger partial charge in [-0.3, -0.25) is 9.59 Å². The van der Waals surface area contributed by atoms with E-state index in [-0.39, 0.29) is 16.9 Å². The molecule has 0 amide bonds. The summed E-state index contributed by atoms with van der Waals surface area (Å²) in [7, 11) is -3.62. The smallest absolute Gasteiger partial charge is 0.307 e. The molecule has 0 aliphatic rings. The predicted octanol–water partition coefficient (Wildman–Crippen LogP) is 3.03. The van der Waals surface area contributed by atoms with Crippen LogP contribution in [0.2, 0.25) is 0 Å². The Balaban J connectivity index is 1.88. The Morgan fingerprint density at radius 2 is 1.65 bits per heavy atom. The second-order valence-corrected chi connectivity index (χ2v) is 8.01. The van der Waals surface area contributed by atoms with Gasteiger partial charge in [0.15, 0.2) is 22.2 Å². The minimum atomic E-state index is -3.62. The molecule has 0 aliphatic heterocycles. The molecule has 0 N–H and O–H groups in total. The number of halogens is 1. The van der Waals surface area contributed by atoms with Gasteiger partial charge in [0, 0.05) is 5.56 Å². The number of carbonyl (C=O) groups excluding carboxylic acids is 2. The third-order valence-electron chi connectivity index (χ3n) is 3.94. The first-order chi connectivity index (χ1) is 12.2. The quantitative estimate of drug-likeness (QED) is 0.547. The molecular weight excluding hydrogens is 359 g/mol. The zero-order valence-corrected chi connectivity index (χ0v) is 15.3. The number of esters is 1. The fraction of sp³-hybridized carbons (Fsp3) is 0.263. The van der Waals surface area contributed by atoms with Crippen molar-refractivity contribution in [1.29, 1.82) is 0 Å². The summed E-state index contributed by atoms with van der Waals surface area (Å²) in [6, 6.07) is 9.61. The van der Waals surface area contributed by atoms with E-state index in [4.69, 9.17) is 4.74 Å². The van der Waals surface area contributed by atoms with Gasteiger partial charge in [-0.25, -0.2) is 12.8 Å². The van der Waals surface area contributed by atoms with E-state index in [9.17, 15) is 22.4 Å². The van der Waals surface area contributed by atoms with E-state index >= 15 is 0 Å². The number of rotatable bonds is 7. The van der Waals surface area contributed by atoms with Gasteiger partial charge in [0.1, 0.15) is 5.82 Å². The molecule has 2 aromatic rings. The molecule has 0 fully saturated rings. The fourth-order valence-electron chi connectivity index (χ4n) is 2.18. The first kappa shape index (κ1) is 19.8. The molecule has 0 bridgehead atoms. The molecule has 0 aliphatic carbocycles. The van der Waals surface area contributed by atoms with Crippen molar-refractivity contribution in [2.24, 2.45) is 0 Å². The third kappa shape index (κ3) is 5.23. The SMILES string of the molecule is Cc1ccc(S(=O)(=O)CCC(=O)OCC(=O)c2ccc(F)cc2)cc1C. The molecule has 0 radical (unpaired) electrons. The van der Waals surface area contributed by atoms with E-state index < -0.39 is 39.8 Å². The summed E-state index contributed by atoms with van der Waals surface area (Å²) in [5.41, 5.74) is 2.03. The Hall–Kier alpha value is -2.54. The number of Topliss-reactive ketones (excluding diaryl/α,β-unsaturated/α-hetero) is 1. The number of carbonyl (C=O) groups is 2. The van der Waals surface area contributed by atoms with E-state index in [0.717, 1.165) is 23.3 Å². The van der Waals surface area contributed by atoms with E-state index in [1.54, 1.807) is 12.1 Å². The van der Waals surface area contributed by atoms with Gasteiger partial charge >= 0.3 is 5.97 Å². The minimum absolute atomic E-state index is 0.149. The van der Waals surface area contributed by atoms with Crippen molar-refractivity contribution in [3.05, 3.63) is 65.0 Å². The maximum absolute atomic E-state index is 12.8. The topological polar surface area (TPSA) is 77.5 Å². The van der Waals surface area contributed by atoms with Gasteiger partial charge in [-0.05, 0) is 61.4 Å². The zero-order valence-electron chi connectivity index (χ0n) is 14.5.